The molecule has 1 aliphatic carbocycles. The van der Waals surface area contributed by atoms with Crippen LogP contribution in [-0.2, 0) is 40.3 Å². The van der Waals surface area contributed by atoms with Crippen LogP contribution in [0, 0.1) is 0 Å². The molecule has 14 nitrogen and oxygen atoms in total. The van der Waals surface area contributed by atoms with Crippen LogP contribution in [0.25, 0.3) is 0 Å². The highest BCUT2D eigenvalue weighted by atomic mass is 32.2. The Hall–Kier alpha value is -2.58. The highest BCUT2D eigenvalue weighted by Crippen LogP contribution is 2.35. The summed E-state index contributed by atoms with van der Waals surface area (Å²) in [6.45, 7) is 3.08. The van der Waals surface area contributed by atoms with Gasteiger partial charge in [0, 0.05) is 11.1 Å². The summed E-state index contributed by atoms with van der Waals surface area (Å²) in [5, 5.41) is -3.89. The van der Waals surface area contributed by atoms with Gasteiger partial charge in [-0.3, -0.25) is 18.7 Å². The molecule has 0 fully saturated rings. The molecule has 0 saturated carbocycles. The number of hydrogen-bond acceptors (Lipinski definition) is 10. The summed E-state index contributed by atoms with van der Waals surface area (Å²) < 4.78 is 122. The summed E-state index contributed by atoms with van der Waals surface area (Å²) in [6, 6.07) is 6.17. The van der Waals surface area contributed by atoms with E-state index in [9.17, 15) is 52.4 Å². The van der Waals surface area contributed by atoms with E-state index in [1.54, 1.807) is 0 Å². The number of benzene rings is 2. The Morgan fingerprint density at radius 1 is 0.625 bits per heavy atom. The van der Waals surface area contributed by atoms with Crippen LogP contribution in [0.5, 0.6) is 0 Å². The van der Waals surface area contributed by atoms with E-state index in [-0.39, 0.29) is 25.7 Å². The lowest BCUT2D eigenvalue weighted by atomic mass is 9.84. The summed E-state index contributed by atoms with van der Waals surface area (Å²) in [4.78, 5) is 25.5. The van der Waals surface area contributed by atoms with Crippen molar-refractivity contribution in [3.63, 3.8) is 0 Å². The van der Waals surface area contributed by atoms with E-state index in [1.807, 2.05) is 9.44 Å². The van der Waals surface area contributed by atoms with Gasteiger partial charge in [0.1, 0.15) is 10.7 Å². The molecule has 0 radical (unpaired) electrons. The van der Waals surface area contributed by atoms with E-state index in [0.29, 0.717) is 0 Å². The van der Waals surface area contributed by atoms with Gasteiger partial charge in [-0.2, -0.15) is 26.3 Å². The Labute approximate surface area is 231 Å². The average molecular weight is 639 g/mol. The van der Waals surface area contributed by atoms with Crippen molar-refractivity contribution in [2.24, 2.45) is 0 Å². The molecule has 18 heteroatoms. The molecular weight excluding hydrogens is 613 g/mol. The second-order valence-corrected chi connectivity index (χ2v) is 15.4. The van der Waals surface area contributed by atoms with Gasteiger partial charge in [0.25, 0.3) is 20.2 Å². The van der Waals surface area contributed by atoms with Gasteiger partial charge in [0.05, 0.1) is 20.9 Å². The minimum atomic E-state index is -4.89. The molecule has 2 unspecified atom stereocenters. The van der Waals surface area contributed by atoms with E-state index in [2.05, 4.69) is 0 Å². The third kappa shape index (κ3) is 6.33. The zero-order valence-corrected chi connectivity index (χ0v) is 24.3. The van der Waals surface area contributed by atoms with Gasteiger partial charge in [0.2, 0.25) is 20.0 Å². The fraction of sp³-hybridized carbons (Fsp3) is 0.364. The third-order valence-electron chi connectivity index (χ3n) is 5.97. The maximum Gasteiger partial charge on any atom is 0.282 e. The number of ketones is 2. The number of carbonyl (C=O) groups excluding carboxylic acids is 2. The van der Waals surface area contributed by atoms with Crippen LogP contribution in [-0.4, -0.2) is 65.1 Å². The molecule has 0 amide bonds. The van der Waals surface area contributed by atoms with Crippen LogP contribution in [0.1, 0.15) is 71.4 Å². The SMILES string of the molecule is CCCC(NS(=O)(=O)c1cccc2c1C(=O)c1cccc(S(=O)(=O)NC(CCC)S(=O)(=O)O)c1C2=O)S(=O)(=O)O. The molecule has 40 heavy (non-hydrogen) atoms. The van der Waals surface area contributed by atoms with Crippen LogP contribution in [0.15, 0.2) is 46.2 Å². The molecule has 0 aliphatic heterocycles. The second kappa shape index (κ2) is 11.4. The lowest BCUT2D eigenvalue weighted by molar-refractivity contribution is 0.0974. The lowest BCUT2D eigenvalue weighted by Gasteiger charge is -2.24. The first-order valence-corrected chi connectivity index (χ1v) is 17.7. The summed E-state index contributed by atoms with van der Waals surface area (Å²) in [6.07, 6.45) is -0.293. The normalized spacial score (nSPS) is 15.8. The number of rotatable bonds is 12. The number of nitrogens with one attached hydrogen (secondary N) is 2. The van der Waals surface area contributed by atoms with Crippen LogP contribution in [0.3, 0.4) is 0 Å². The number of fused-ring (bicyclic) bond motifs is 2. The second-order valence-electron chi connectivity index (χ2n) is 8.84. The molecule has 2 aromatic carbocycles. The first-order chi connectivity index (χ1) is 18.4. The minimum absolute atomic E-state index is 0.159. The minimum Gasteiger partial charge on any atom is -0.289 e. The van der Waals surface area contributed by atoms with E-state index in [1.165, 1.54) is 13.8 Å². The highest BCUT2D eigenvalue weighted by molar-refractivity contribution is 7.92. The van der Waals surface area contributed by atoms with Crippen LogP contribution in [0.2, 0.25) is 0 Å². The van der Waals surface area contributed by atoms with E-state index in [0.717, 1.165) is 36.4 Å². The Balaban J connectivity index is 2.17. The van der Waals surface area contributed by atoms with Crippen molar-refractivity contribution < 1.29 is 52.4 Å². The maximum atomic E-state index is 13.5. The van der Waals surface area contributed by atoms with Gasteiger partial charge in [-0.25, -0.2) is 16.8 Å². The summed E-state index contributed by atoms with van der Waals surface area (Å²) in [5.74, 6) is -2.16. The summed E-state index contributed by atoms with van der Waals surface area (Å²) >= 11 is 0. The van der Waals surface area contributed by atoms with E-state index < -0.39 is 94.6 Å². The van der Waals surface area contributed by atoms with Crippen LogP contribution < -0.4 is 9.44 Å². The Kier molecular flexibility index (Phi) is 9.07. The molecular formula is C22H26N2O12S4. The number of hydrogen-bond donors (Lipinski definition) is 4. The largest absolute Gasteiger partial charge is 0.289 e. The lowest BCUT2D eigenvalue weighted by Crippen LogP contribution is -2.42. The number of carbonyl (C=O) groups is 2. The monoisotopic (exact) mass is 638 g/mol. The Morgan fingerprint density at radius 2 is 0.950 bits per heavy atom. The van der Waals surface area contributed by atoms with Gasteiger partial charge < -0.3 is 0 Å². The van der Waals surface area contributed by atoms with Crippen molar-refractivity contribution in [3.8, 4) is 0 Å². The molecule has 0 saturated heterocycles. The van der Waals surface area contributed by atoms with Crippen molar-refractivity contribution in [1.82, 2.24) is 9.44 Å². The zero-order chi connectivity index (χ0) is 30.3. The van der Waals surface area contributed by atoms with Crippen LogP contribution >= 0.6 is 0 Å². The average Bonchev–Trinajstić information content (AvgIpc) is 2.84. The van der Waals surface area contributed by atoms with Crippen molar-refractivity contribution in [2.75, 3.05) is 0 Å². The fourth-order valence-corrected chi connectivity index (χ4v) is 9.60. The smallest absolute Gasteiger partial charge is 0.282 e. The molecule has 0 spiro atoms. The predicted octanol–water partition coefficient (Wildman–Crippen LogP) is 1.05. The first kappa shape index (κ1) is 31.9. The summed E-state index contributed by atoms with van der Waals surface area (Å²) in [7, 11) is -19.4. The molecule has 4 N–H and O–H groups in total. The van der Waals surface area contributed by atoms with Gasteiger partial charge >= 0.3 is 0 Å². The number of sulfonamides is 2. The quantitative estimate of drug-likeness (QED) is 0.204. The van der Waals surface area contributed by atoms with Crippen molar-refractivity contribution >= 4 is 51.8 Å². The van der Waals surface area contributed by atoms with Crippen molar-refractivity contribution in [3.05, 3.63) is 58.7 Å². The predicted molar refractivity (Wildman–Crippen MR) is 141 cm³/mol. The van der Waals surface area contributed by atoms with Gasteiger partial charge in [0.15, 0.2) is 11.6 Å². The molecule has 0 bridgehead atoms. The Bertz CT molecular complexity index is 1670. The molecule has 2 atom stereocenters. The molecule has 220 valence electrons. The Morgan fingerprint density at radius 3 is 1.23 bits per heavy atom. The first-order valence-electron chi connectivity index (χ1n) is 11.7. The van der Waals surface area contributed by atoms with Crippen molar-refractivity contribution in [2.45, 2.75) is 60.1 Å². The van der Waals surface area contributed by atoms with Gasteiger partial charge in [-0.15, -0.1) is 0 Å². The third-order valence-corrected chi connectivity index (χ3v) is 11.4. The molecule has 0 aromatic heterocycles. The highest BCUT2D eigenvalue weighted by Gasteiger charge is 2.40. The van der Waals surface area contributed by atoms with Crippen LogP contribution in [0.4, 0.5) is 0 Å². The van der Waals surface area contributed by atoms with Gasteiger partial charge in [-0.05, 0) is 25.0 Å². The van der Waals surface area contributed by atoms with E-state index in [4.69, 9.17) is 0 Å². The van der Waals surface area contributed by atoms with Crippen molar-refractivity contribution in [1.29, 1.82) is 0 Å². The summed E-state index contributed by atoms with van der Waals surface area (Å²) in [5.41, 5.74) is -2.33. The van der Waals surface area contributed by atoms with Gasteiger partial charge in [-0.1, -0.05) is 51.0 Å². The molecule has 2 aromatic rings. The zero-order valence-electron chi connectivity index (χ0n) is 21.1. The fourth-order valence-electron chi connectivity index (χ4n) is 4.16. The maximum absolute atomic E-state index is 13.5. The standard InChI is InChI=1S/C22H26N2O12S4/c1-3-7-17(39(31,32)33)23-37(27,28)15-11-5-9-13-19(15)21(25)14-10-6-12-16(20(14)22(13)26)38(29,30)24-18(8-4-2)40(34,35)36/h5-6,9-12,17-18,23-24H,3-4,7-8H2,1-2H3,(H,31,32,33)(H,34,35,36). The molecule has 1 aliphatic rings. The van der Waals surface area contributed by atoms with E-state index >= 15 is 0 Å². The topological polar surface area (TPSA) is 235 Å². The molecule has 3 rings (SSSR count). The molecule has 0 heterocycles.